The molecule has 4 rings (SSSR count). The van der Waals surface area contributed by atoms with Crippen molar-refractivity contribution >= 4 is 22.7 Å². The van der Waals surface area contributed by atoms with Gasteiger partial charge in [0.05, 0.1) is 23.8 Å². The maximum Gasteiger partial charge on any atom is 0.295 e. The van der Waals surface area contributed by atoms with Gasteiger partial charge in [0.2, 0.25) is 0 Å². The van der Waals surface area contributed by atoms with E-state index in [1.165, 1.54) is 13.2 Å². The van der Waals surface area contributed by atoms with Crippen molar-refractivity contribution in [3.05, 3.63) is 69.5 Å². The van der Waals surface area contributed by atoms with Crippen LogP contribution >= 0.6 is 11.3 Å². The SMILES string of the molecule is COc1cc(N2CCN(Cc3csc(-c4ccccc4)n3)CC2)c([N+](=O)[O-])cc1F. The lowest BCUT2D eigenvalue weighted by atomic mass is 10.2. The van der Waals surface area contributed by atoms with Crippen LogP contribution in [0.25, 0.3) is 10.6 Å². The molecule has 1 aliphatic rings. The van der Waals surface area contributed by atoms with E-state index < -0.39 is 10.7 Å². The normalized spacial score (nSPS) is 14.7. The molecule has 0 radical (unpaired) electrons. The number of ether oxygens (including phenoxy) is 1. The Hall–Kier alpha value is -3.04. The van der Waals surface area contributed by atoms with Gasteiger partial charge >= 0.3 is 0 Å². The highest BCUT2D eigenvalue weighted by Crippen LogP contribution is 2.35. The van der Waals surface area contributed by atoms with E-state index in [0.717, 1.165) is 42.0 Å². The van der Waals surface area contributed by atoms with Gasteiger partial charge in [-0.2, -0.15) is 0 Å². The lowest BCUT2D eigenvalue weighted by Gasteiger charge is -2.35. The van der Waals surface area contributed by atoms with Crippen molar-refractivity contribution in [2.75, 3.05) is 38.2 Å². The Bertz CT molecular complexity index is 1040. The number of halogens is 1. The molecule has 0 unspecified atom stereocenters. The Balaban J connectivity index is 1.42. The van der Waals surface area contributed by atoms with E-state index in [2.05, 4.69) is 10.3 Å². The van der Waals surface area contributed by atoms with Crippen LogP contribution < -0.4 is 9.64 Å². The summed E-state index contributed by atoms with van der Waals surface area (Å²) in [6.45, 7) is 3.40. The number of nitrogens with zero attached hydrogens (tertiary/aromatic N) is 4. The fraction of sp³-hybridized carbons (Fsp3) is 0.286. The molecule has 2 aromatic carbocycles. The molecule has 7 nitrogen and oxygen atoms in total. The van der Waals surface area contributed by atoms with Crippen molar-refractivity contribution in [1.82, 2.24) is 9.88 Å². The van der Waals surface area contributed by atoms with Gasteiger partial charge in [0.15, 0.2) is 11.6 Å². The molecule has 1 fully saturated rings. The molecular formula is C21H21FN4O3S. The van der Waals surface area contributed by atoms with E-state index in [1.54, 1.807) is 11.3 Å². The largest absolute Gasteiger partial charge is 0.494 e. The summed E-state index contributed by atoms with van der Waals surface area (Å²) in [4.78, 5) is 19.8. The monoisotopic (exact) mass is 428 g/mol. The second-order valence-electron chi connectivity index (χ2n) is 7.01. The highest BCUT2D eigenvalue weighted by Gasteiger charge is 2.26. The van der Waals surface area contributed by atoms with Gasteiger partial charge in [0.1, 0.15) is 10.7 Å². The third kappa shape index (κ3) is 4.27. The molecule has 1 aromatic heterocycles. The molecule has 0 spiro atoms. The molecule has 0 bridgehead atoms. The summed E-state index contributed by atoms with van der Waals surface area (Å²) in [5, 5.41) is 14.5. The summed E-state index contributed by atoms with van der Waals surface area (Å²) in [7, 11) is 1.35. The van der Waals surface area contributed by atoms with Crippen LogP contribution in [0.4, 0.5) is 15.8 Å². The number of benzene rings is 2. The minimum absolute atomic E-state index is 0.00828. The maximum absolute atomic E-state index is 13.9. The van der Waals surface area contributed by atoms with Gasteiger partial charge in [0.25, 0.3) is 5.69 Å². The summed E-state index contributed by atoms with van der Waals surface area (Å²) >= 11 is 1.63. The molecule has 2 heterocycles. The van der Waals surface area contributed by atoms with Crippen LogP contribution in [0.2, 0.25) is 0 Å². The van der Waals surface area contributed by atoms with Gasteiger partial charge in [-0.15, -0.1) is 11.3 Å². The number of aromatic nitrogens is 1. The Kier molecular flexibility index (Phi) is 5.91. The van der Waals surface area contributed by atoms with E-state index in [4.69, 9.17) is 9.72 Å². The Morgan fingerprint density at radius 2 is 1.93 bits per heavy atom. The third-order valence-electron chi connectivity index (χ3n) is 5.12. The van der Waals surface area contributed by atoms with Crippen molar-refractivity contribution in [2.24, 2.45) is 0 Å². The molecule has 1 aliphatic heterocycles. The standard InChI is InChI=1S/C21H21FN4O3S/c1-29-20-12-18(19(26(27)28)11-17(20)22)25-9-7-24(8-10-25)13-16-14-30-21(23-16)15-5-3-2-4-6-15/h2-6,11-12,14H,7-10,13H2,1H3. The topological polar surface area (TPSA) is 71.7 Å². The Morgan fingerprint density at radius 1 is 1.20 bits per heavy atom. The highest BCUT2D eigenvalue weighted by molar-refractivity contribution is 7.13. The number of piperazine rings is 1. The van der Waals surface area contributed by atoms with Crippen LogP contribution in [0, 0.1) is 15.9 Å². The molecule has 0 atom stereocenters. The van der Waals surface area contributed by atoms with Gasteiger partial charge in [-0.25, -0.2) is 9.37 Å². The lowest BCUT2D eigenvalue weighted by Crippen LogP contribution is -2.46. The van der Waals surface area contributed by atoms with Gasteiger partial charge in [0, 0.05) is 49.7 Å². The zero-order chi connectivity index (χ0) is 21.1. The Morgan fingerprint density at radius 3 is 2.60 bits per heavy atom. The molecule has 1 saturated heterocycles. The predicted octanol–water partition coefficient (Wildman–Crippen LogP) is 4.19. The van der Waals surface area contributed by atoms with Crippen LogP contribution in [0.5, 0.6) is 5.75 Å². The van der Waals surface area contributed by atoms with Crippen molar-refractivity contribution in [3.63, 3.8) is 0 Å². The number of hydrogen-bond acceptors (Lipinski definition) is 7. The number of nitro benzene ring substituents is 1. The minimum atomic E-state index is -0.732. The van der Waals surface area contributed by atoms with Crippen LogP contribution in [-0.4, -0.2) is 48.1 Å². The molecule has 9 heteroatoms. The van der Waals surface area contributed by atoms with E-state index in [9.17, 15) is 14.5 Å². The number of methoxy groups -OCH3 is 1. The molecule has 30 heavy (non-hydrogen) atoms. The average Bonchev–Trinajstić information content (AvgIpc) is 3.23. The molecule has 0 aliphatic carbocycles. The first-order chi connectivity index (χ1) is 14.5. The highest BCUT2D eigenvalue weighted by atomic mass is 32.1. The van der Waals surface area contributed by atoms with Gasteiger partial charge in [-0.3, -0.25) is 15.0 Å². The number of hydrogen-bond donors (Lipinski definition) is 0. The second kappa shape index (κ2) is 8.76. The average molecular weight is 428 g/mol. The maximum atomic E-state index is 13.9. The first-order valence-corrected chi connectivity index (χ1v) is 10.4. The van der Waals surface area contributed by atoms with Gasteiger partial charge in [-0.1, -0.05) is 30.3 Å². The van der Waals surface area contributed by atoms with Crippen molar-refractivity contribution < 1.29 is 14.1 Å². The zero-order valence-corrected chi connectivity index (χ0v) is 17.3. The fourth-order valence-electron chi connectivity index (χ4n) is 3.56. The minimum Gasteiger partial charge on any atom is -0.494 e. The lowest BCUT2D eigenvalue weighted by molar-refractivity contribution is -0.384. The van der Waals surface area contributed by atoms with Crippen LogP contribution in [0.15, 0.2) is 47.8 Å². The summed E-state index contributed by atoms with van der Waals surface area (Å²) in [6, 6.07) is 12.4. The van der Waals surface area contributed by atoms with E-state index in [-0.39, 0.29) is 11.4 Å². The first kappa shape index (κ1) is 20.2. The summed E-state index contributed by atoms with van der Waals surface area (Å²) in [5.74, 6) is -0.724. The summed E-state index contributed by atoms with van der Waals surface area (Å²) in [5.41, 5.74) is 2.27. The van der Waals surface area contributed by atoms with Crippen molar-refractivity contribution in [2.45, 2.75) is 6.54 Å². The summed E-state index contributed by atoms with van der Waals surface area (Å²) < 4.78 is 18.9. The van der Waals surface area contributed by atoms with E-state index >= 15 is 0 Å². The molecule has 0 saturated carbocycles. The Labute approximate surface area is 177 Å². The summed E-state index contributed by atoms with van der Waals surface area (Å²) in [6.07, 6.45) is 0. The van der Waals surface area contributed by atoms with E-state index in [1.807, 2.05) is 35.2 Å². The van der Waals surface area contributed by atoms with Crippen LogP contribution in [-0.2, 0) is 6.54 Å². The molecule has 0 N–H and O–H groups in total. The number of nitro groups is 1. The molecule has 156 valence electrons. The number of rotatable bonds is 6. The van der Waals surface area contributed by atoms with Gasteiger partial charge in [-0.05, 0) is 0 Å². The zero-order valence-electron chi connectivity index (χ0n) is 16.5. The number of thiazole rings is 1. The third-order valence-corrected chi connectivity index (χ3v) is 6.06. The van der Waals surface area contributed by atoms with Gasteiger partial charge < -0.3 is 9.64 Å². The first-order valence-electron chi connectivity index (χ1n) is 9.54. The quantitative estimate of drug-likeness (QED) is 0.433. The molecule has 3 aromatic rings. The van der Waals surface area contributed by atoms with E-state index in [0.29, 0.717) is 18.8 Å². The molecule has 0 amide bonds. The van der Waals surface area contributed by atoms with Crippen LogP contribution in [0.3, 0.4) is 0 Å². The van der Waals surface area contributed by atoms with Crippen molar-refractivity contribution in [3.8, 4) is 16.3 Å². The predicted molar refractivity (Wildman–Crippen MR) is 115 cm³/mol. The van der Waals surface area contributed by atoms with Crippen molar-refractivity contribution in [1.29, 1.82) is 0 Å². The number of anilines is 1. The second-order valence-corrected chi connectivity index (χ2v) is 7.86. The van der Waals surface area contributed by atoms with Crippen LogP contribution in [0.1, 0.15) is 5.69 Å². The molecular weight excluding hydrogens is 407 g/mol. The smallest absolute Gasteiger partial charge is 0.295 e. The fourth-order valence-corrected chi connectivity index (χ4v) is 4.37.